The largest absolute Gasteiger partial charge is 0.497 e. The lowest BCUT2D eigenvalue weighted by Gasteiger charge is -2.41. The van der Waals surface area contributed by atoms with Crippen LogP contribution in [-0.2, 0) is 18.5 Å². The summed E-state index contributed by atoms with van der Waals surface area (Å²) in [6.07, 6.45) is 1.81. The number of fused-ring (bicyclic) bond motifs is 2. The summed E-state index contributed by atoms with van der Waals surface area (Å²) in [6.45, 7) is 4.12. The molecule has 2 aliphatic rings. The van der Waals surface area contributed by atoms with Gasteiger partial charge in [0.1, 0.15) is 11.5 Å². The zero-order chi connectivity index (χ0) is 43.0. The molecule has 2 saturated carbocycles. The van der Waals surface area contributed by atoms with Gasteiger partial charge >= 0.3 is 0 Å². The zero-order valence-corrected chi connectivity index (χ0v) is 38.2. The van der Waals surface area contributed by atoms with E-state index < -0.39 is 31.3 Å². The van der Waals surface area contributed by atoms with Crippen molar-refractivity contribution >= 4 is 49.7 Å². The first kappa shape index (κ1) is 42.3. The van der Waals surface area contributed by atoms with Crippen molar-refractivity contribution in [2.75, 3.05) is 12.9 Å². The van der Waals surface area contributed by atoms with Crippen molar-refractivity contribution in [2.45, 2.75) is 67.4 Å². The van der Waals surface area contributed by atoms with Gasteiger partial charge in [0, 0.05) is 40.7 Å². The highest BCUT2D eigenvalue weighted by atomic mass is 32.3. The van der Waals surface area contributed by atoms with E-state index in [1.165, 1.54) is 11.1 Å². The fraction of sp³-hybridized carbons (Fsp3) is 0.189. The highest BCUT2D eigenvalue weighted by Crippen LogP contribution is 2.71. The standard InChI is InChI=1S/C53H48O5S4/c1-52(2)42-34-35-53(52,51(54)36-42)37-61(55,56)58-62(48-28-18-43(57-3)19-29-48,49-30-24-46(25-31-49)59-44-20-14-40(15-21-44)38-10-6-4-7-11-38)50-32-26-47(27-33-50)60-45-22-16-41(17-23-45)39-12-8-5-9-13-39/h4-33,42H,34-37H2,1-3H3. The molecule has 0 N–H and O–H groups in total. The lowest BCUT2D eigenvalue weighted by atomic mass is 9.70. The van der Waals surface area contributed by atoms with Crippen LogP contribution in [0.15, 0.2) is 216 Å². The maximum absolute atomic E-state index is 15.0. The first-order valence-corrected chi connectivity index (χ1v) is 25.6. The Morgan fingerprint density at radius 3 is 1.31 bits per heavy atom. The molecule has 7 aromatic rings. The van der Waals surface area contributed by atoms with E-state index in [0.717, 1.165) is 46.9 Å². The smallest absolute Gasteiger partial charge is 0.278 e. The van der Waals surface area contributed by atoms with E-state index in [1.54, 1.807) is 30.6 Å². The zero-order valence-electron chi connectivity index (χ0n) is 34.9. The number of carbonyl (C=O) groups excluding carboxylic acids is 1. The summed E-state index contributed by atoms with van der Waals surface area (Å²) >= 11 is 3.29. The van der Waals surface area contributed by atoms with Crippen LogP contribution in [0.2, 0.25) is 0 Å². The normalized spacial score (nSPS) is 18.4. The van der Waals surface area contributed by atoms with Gasteiger partial charge in [-0.1, -0.05) is 122 Å². The summed E-state index contributed by atoms with van der Waals surface area (Å²) in [5, 5.41) is 0. The molecule has 0 amide bonds. The molecule has 0 aromatic heterocycles. The minimum absolute atomic E-state index is 0.0346. The molecular formula is C53H48O5S4. The summed E-state index contributed by atoms with van der Waals surface area (Å²) in [6, 6.07) is 61.3. The van der Waals surface area contributed by atoms with Crippen molar-refractivity contribution in [2.24, 2.45) is 16.7 Å². The third-order valence-electron chi connectivity index (χ3n) is 12.9. The van der Waals surface area contributed by atoms with Crippen molar-refractivity contribution in [3.63, 3.8) is 0 Å². The molecule has 7 aromatic carbocycles. The average molecular weight is 893 g/mol. The summed E-state index contributed by atoms with van der Waals surface area (Å²) in [5.41, 5.74) is 3.19. The Morgan fingerprint density at radius 2 is 0.935 bits per heavy atom. The predicted molar refractivity (Wildman–Crippen MR) is 254 cm³/mol. The topological polar surface area (TPSA) is 69.7 Å². The lowest BCUT2D eigenvalue weighted by Crippen LogP contribution is -2.42. The first-order chi connectivity index (χ1) is 30.0. The number of benzene rings is 7. The molecule has 0 heterocycles. The van der Waals surface area contributed by atoms with Crippen LogP contribution in [0.5, 0.6) is 5.75 Å². The van der Waals surface area contributed by atoms with Crippen LogP contribution in [0.25, 0.3) is 22.3 Å². The maximum atomic E-state index is 15.0. The van der Waals surface area contributed by atoms with E-state index in [9.17, 15) is 13.2 Å². The molecule has 9 heteroatoms. The van der Waals surface area contributed by atoms with Gasteiger partial charge in [0.25, 0.3) is 10.1 Å². The van der Waals surface area contributed by atoms with E-state index in [4.69, 9.17) is 8.37 Å². The summed E-state index contributed by atoms with van der Waals surface area (Å²) < 4.78 is 42.4. The molecule has 5 nitrogen and oxygen atoms in total. The number of Topliss-reactive ketones (excluding diaryl/α,β-unsaturated/α-hetero) is 1. The first-order valence-electron chi connectivity index (χ1n) is 20.8. The van der Waals surface area contributed by atoms with Crippen LogP contribution in [0, 0.1) is 16.7 Å². The van der Waals surface area contributed by atoms with Gasteiger partial charge < -0.3 is 4.74 Å². The van der Waals surface area contributed by atoms with Crippen molar-refractivity contribution < 1.29 is 21.6 Å². The van der Waals surface area contributed by atoms with Crippen molar-refractivity contribution in [1.29, 1.82) is 0 Å². The van der Waals surface area contributed by atoms with E-state index in [2.05, 4.69) is 86.6 Å². The van der Waals surface area contributed by atoms with E-state index >= 15 is 0 Å². The van der Waals surface area contributed by atoms with Crippen LogP contribution in [-0.4, -0.2) is 27.1 Å². The fourth-order valence-electron chi connectivity index (χ4n) is 9.25. The van der Waals surface area contributed by atoms with Gasteiger partial charge in [0.2, 0.25) is 0 Å². The molecule has 2 bridgehead atoms. The van der Waals surface area contributed by atoms with Gasteiger partial charge in [0.05, 0.1) is 18.3 Å². The summed E-state index contributed by atoms with van der Waals surface area (Å²) in [5.74, 6) is 0.497. The molecule has 2 fully saturated rings. The molecular weight excluding hydrogens is 845 g/mol. The fourth-order valence-corrected chi connectivity index (χ4v) is 16.9. The van der Waals surface area contributed by atoms with Gasteiger partial charge in [0.15, 0.2) is 0 Å². The maximum Gasteiger partial charge on any atom is 0.278 e. The molecule has 0 radical (unpaired) electrons. The highest BCUT2D eigenvalue weighted by molar-refractivity contribution is 8.33. The molecule has 2 aliphatic carbocycles. The number of rotatable bonds is 14. The van der Waals surface area contributed by atoms with E-state index in [-0.39, 0.29) is 17.5 Å². The van der Waals surface area contributed by atoms with Gasteiger partial charge in [-0.15, -0.1) is 0 Å². The van der Waals surface area contributed by atoms with Crippen LogP contribution in [0.1, 0.15) is 33.1 Å². The monoisotopic (exact) mass is 892 g/mol. The Bertz CT molecular complexity index is 2650. The Labute approximate surface area is 376 Å². The van der Waals surface area contributed by atoms with E-state index in [1.807, 2.05) is 109 Å². The SMILES string of the molecule is COc1ccc(S(OS(=O)(=O)CC23CCC(CC2=O)C3(C)C)(c2ccc(Sc3ccc(-c4ccccc4)cc3)cc2)c2ccc(Sc3ccc(-c4ccccc4)cc3)cc2)cc1. The number of hydrogen-bond donors (Lipinski definition) is 0. The highest BCUT2D eigenvalue weighted by Gasteiger charge is 2.66. The van der Waals surface area contributed by atoms with Crippen molar-refractivity contribution in [1.82, 2.24) is 0 Å². The summed E-state index contributed by atoms with van der Waals surface area (Å²) in [4.78, 5) is 20.1. The minimum atomic E-state index is -4.33. The van der Waals surface area contributed by atoms with Crippen LogP contribution in [0.4, 0.5) is 0 Å². The van der Waals surface area contributed by atoms with Crippen LogP contribution >= 0.6 is 33.8 Å². The van der Waals surface area contributed by atoms with Gasteiger partial charge in [-0.05, 0) is 154 Å². The van der Waals surface area contributed by atoms with Gasteiger partial charge in [-0.3, -0.25) is 4.79 Å². The molecule has 314 valence electrons. The van der Waals surface area contributed by atoms with Crippen LogP contribution in [0.3, 0.4) is 0 Å². The summed E-state index contributed by atoms with van der Waals surface area (Å²) in [7, 11) is -5.67. The molecule has 0 spiro atoms. The quantitative estimate of drug-likeness (QED) is 0.108. The van der Waals surface area contributed by atoms with Crippen molar-refractivity contribution in [3.05, 3.63) is 182 Å². The molecule has 0 saturated heterocycles. The van der Waals surface area contributed by atoms with Crippen LogP contribution < -0.4 is 4.74 Å². The Balaban J connectivity index is 1.09. The second-order valence-corrected chi connectivity index (χ2v) is 23.4. The number of carbonyl (C=O) groups is 1. The Hall–Kier alpha value is -5.03. The Morgan fingerprint density at radius 1 is 0.548 bits per heavy atom. The lowest BCUT2D eigenvalue weighted by molar-refractivity contribution is -0.128. The number of ether oxygens (including phenoxy) is 1. The van der Waals surface area contributed by atoms with E-state index in [0.29, 0.717) is 23.5 Å². The second kappa shape index (κ2) is 17.3. The molecule has 62 heavy (non-hydrogen) atoms. The van der Waals surface area contributed by atoms with Crippen molar-refractivity contribution in [3.8, 4) is 28.0 Å². The Kier molecular flexibility index (Phi) is 11.8. The minimum Gasteiger partial charge on any atom is -0.497 e. The third kappa shape index (κ3) is 8.17. The molecule has 2 atom stereocenters. The number of methoxy groups -OCH3 is 1. The van der Waals surface area contributed by atoms with Gasteiger partial charge in [-0.2, -0.15) is 8.42 Å². The number of hydrogen-bond acceptors (Lipinski definition) is 7. The molecule has 9 rings (SSSR count). The second-order valence-electron chi connectivity index (χ2n) is 16.6. The predicted octanol–water partition coefficient (Wildman–Crippen LogP) is 14.3. The van der Waals surface area contributed by atoms with Gasteiger partial charge in [-0.25, -0.2) is 3.63 Å². The number of ketones is 1. The third-order valence-corrected chi connectivity index (χ3v) is 20.2. The molecule has 2 unspecified atom stereocenters. The molecule has 0 aliphatic heterocycles. The average Bonchev–Trinajstić information content (AvgIpc) is 3.64.